The predicted octanol–water partition coefficient (Wildman–Crippen LogP) is 1.73. The van der Waals surface area contributed by atoms with E-state index in [4.69, 9.17) is 10.2 Å². The Morgan fingerprint density at radius 1 is 1.58 bits per heavy atom. The third-order valence-electron chi connectivity index (χ3n) is 3.31. The number of hydrogen-bond acceptors (Lipinski definition) is 6. The van der Waals surface area contributed by atoms with E-state index in [9.17, 15) is 4.79 Å². The average Bonchev–Trinajstić information content (AvgIpc) is 3.09. The highest BCUT2D eigenvalue weighted by Gasteiger charge is 2.28. The van der Waals surface area contributed by atoms with E-state index in [0.29, 0.717) is 17.4 Å². The molecule has 0 radical (unpaired) electrons. The molecule has 0 spiro atoms. The number of oxazole rings is 1. The van der Waals surface area contributed by atoms with Crippen molar-refractivity contribution in [2.45, 2.75) is 18.8 Å². The van der Waals surface area contributed by atoms with Crippen LogP contribution in [0.3, 0.4) is 0 Å². The molecule has 0 aliphatic carbocycles. The van der Waals surface area contributed by atoms with Gasteiger partial charge in [0.15, 0.2) is 11.5 Å². The summed E-state index contributed by atoms with van der Waals surface area (Å²) in [5, 5.41) is 2.55. The fourth-order valence-corrected chi connectivity index (χ4v) is 3.01. The summed E-state index contributed by atoms with van der Waals surface area (Å²) in [5.74, 6) is 0.443. The summed E-state index contributed by atoms with van der Waals surface area (Å²) < 4.78 is 5.06. The van der Waals surface area contributed by atoms with Crippen molar-refractivity contribution in [2.75, 3.05) is 18.8 Å². The van der Waals surface area contributed by atoms with Crippen LogP contribution in [0, 0.1) is 0 Å². The summed E-state index contributed by atoms with van der Waals surface area (Å²) in [5.41, 5.74) is 6.64. The van der Waals surface area contributed by atoms with Gasteiger partial charge in [0, 0.05) is 24.4 Å². The number of amides is 1. The zero-order valence-electron chi connectivity index (χ0n) is 10.3. The molecule has 1 aliphatic heterocycles. The van der Waals surface area contributed by atoms with Crippen molar-refractivity contribution in [1.29, 1.82) is 0 Å². The lowest BCUT2D eigenvalue weighted by molar-refractivity contribution is 0.0674. The molecule has 1 atom stereocenters. The van der Waals surface area contributed by atoms with Crippen LogP contribution in [0.2, 0.25) is 0 Å². The van der Waals surface area contributed by atoms with Crippen LogP contribution in [0.1, 0.15) is 35.0 Å². The number of likely N-dealkylation sites (tertiary alicyclic amines) is 1. The maximum atomic E-state index is 12.2. The van der Waals surface area contributed by atoms with Gasteiger partial charge >= 0.3 is 0 Å². The molecule has 1 aliphatic rings. The molecule has 2 aromatic heterocycles. The fourth-order valence-electron chi connectivity index (χ4n) is 2.37. The maximum Gasteiger partial charge on any atom is 0.291 e. The van der Waals surface area contributed by atoms with E-state index in [0.717, 1.165) is 25.1 Å². The number of piperidine rings is 1. The number of carbonyl (C=O) groups excluding carboxylic acids is 1. The van der Waals surface area contributed by atoms with Crippen molar-refractivity contribution in [3.8, 4) is 0 Å². The van der Waals surface area contributed by atoms with Gasteiger partial charge in [-0.25, -0.2) is 9.97 Å². The summed E-state index contributed by atoms with van der Waals surface area (Å²) in [6.45, 7) is 1.40. The normalized spacial score (nSPS) is 19.6. The largest absolute Gasteiger partial charge is 0.438 e. The van der Waals surface area contributed by atoms with Gasteiger partial charge in [-0.2, -0.15) is 0 Å². The van der Waals surface area contributed by atoms with E-state index >= 15 is 0 Å². The molecule has 1 amide bonds. The Labute approximate surface area is 114 Å². The van der Waals surface area contributed by atoms with Gasteiger partial charge in [0.25, 0.3) is 5.91 Å². The SMILES string of the molecule is Nc1nc([C@@H]2CCCN(C(=O)c3cnco3)C2)cs1. The number of nitrogen functional groups attached to an aromatic ring is 1. The lowest BCUT2D eigenvalue weighted by Crippen LogP contribution is -2.39. The minimum Gasteiger partial charge on any atom is -0.438 e. The van der Waals surface area contributed by atoms with Crippen LogP contribution in [0.15, 0.2) is 22.4 Å². The van der Waals surface area contributed by atoms with Crippen molar-refractivity contribution in [3.63, 3.8) is 0 Å². The molecule has 0 bridgehead atoms. The molecule has 0 aromatic carbocycles. The summed E-state index contributed by atoms with van der Waals surface area (Å²) >= 11 is 1.44. The number of hydrogen-bond donors (Lipinski definition) is 1. The minimum absolute atomic E-state index is 0.106. The first-order chi connectivity index (χ1) is 9.24. The van der Waals surface area contributed by atoms with Gasteiger partial charge in [-0.15, -0.1) is 11.3 Å². The van der Waals surface area contributed by atoms with Crippen LogP contribution < -0.4 is 5.73 Å². The van der Waals surface area contributed by atoms with Crippen LogP contribution in [-0.4, -0.2) is 33.9 Å². The summed E-state index contributed by atoms with van der Waals surface area (Å²) in [7, 11) is 0. The van der Waals surface area contributed by atoms with Crippen molar-refractivity contribution >= 4 is 22.4 Å². The Bertz CT molecular complexity index is 566. The van der Waals surface area contributed by atoms with Gasteiger partial charge in [0.2, 0.25) is 5.76 Å². The highest BCUT2D eigenvalue weighted by atomic mass is 32.1. The second kappa shape index (κ2) is 5.00. The van der Waals surface area contributed by atoms with Crippen molar-refractivity contribution in [2.24, 2.45) is 0 Å². The molecular formula is C12H14N4O2S. The molecule has 2 N–H and O–H groups in total. The second-order valence-electron chi connectivity index (χ2n) is 4.57. The first-order valence-corrected chi connectivity index (χ1v) is 7.00. The summed E-state index contributed by atoms with van der Waals surface area (Å²) in [6.07, 6.45) is 4.72. The molecule has 2 aromatic rings. The number of nitrogens with zero attached hydrogens (tertiary/aromatic N) is 3. The van der Waals surface area contributed by atoms with Crippen molar-refractivity contribution in [3.05, 3.63) is 29.4 Å². The number of rotatable bonds is 2. The molecule has 6 nitrogen and oxygen atoms in total. The molecule has 0 saturated carbocycles. The second-order valence-corrected chi connectivity index (χ2v) is 5.46. The quantitative estimate of drug-likeness (QED) is 0.904. The summed E-state index contributed by atoms with van der Waals surface area (Å²) in [6, 6.07) is 0. The number of carbonyl (C=O) groups is 1. The number of nitrogens with two attached hydrogens (primary N) is 1. The van der Waals surface area contributed by atoms with Gasteiger partial charge < -0.3 is 15.1 Å². The lowest BCUT2D eigenvalue weighted by atomic mass is 9.95. The van der Waals surface area contributed by atoms with Crippen LogP contribution in [-0.2, 0) is 0 Å². The Morgan fingerprint density at radius 3 is 3.16 bits per heavy atom. The predicted molar refractivity (Wildman–Crippen MR) is 70.9 cm³/mol. The minimum atomic E-state index is -0.106. The van der Waals surface area contributed by atoms with E-state index in [1.807, 2.05) is 5.38 Å². The first-order valence-electron chi connectivity index (χ1n) is 6.12. The molecule has 7 heteroatoms. The van der Waals surface area contributed by atoms with Gasteiger partial charge in [-0.3, -0.25) is 4.79 Å². The maximum absolute atomic E-state index is 12.2. The standard InChI is InChI=1S/C12H14N4O2S/c13-12-15-9(6-19-12)8-2-1-3-16(5-8)11(17)10-4-14-7-18-10/h4,6-8H,1-3,5H2,(H2,13,15)/t8-/m1/s1. The summed E-state index contributed by atoms with van der Waals surface area (Å²) in [4.78, 5) is 22.1. The van der Waals surface area contributed by atoms with Gasteiger partial charge in [0.05, 0.1) is 11.9 Å². The Kier molecular flexibility index (Phi) is 3.20. The number of anilines is 1. The van der Waals surface area contributed by atoms with Gasteiger partial charge in [-0.1, -0.05) is 0 Å². The van der Waals surface area contributed by atoms with Gasteiger partial charge in [0.1, 0.15) is 0 Å². The Hall–Kier alpha value is -1.89. The van der Waals surface area contributed by atoms with E-state index < -0.39 is 0 Å². The molecule has 1 saturated heterocycles. The molecule has 19 heavy (non-hydrogen) atoms. The topological polar surface area (TPSA) is 85.2 Å². The Balaban J connectivity index is 1.73. The van der Waals surface area contributed by atoms with Crippen LogP contribution in [0.25, 0.3) is 0 Å². The van der Waals surface area contributed by atoms with Crippen LogP contribution in [0.4, 0.5) is 5.13 Å². The van der Waals surface area contributed by atoms with E-state index in [1.165, 1.54) is 23.9 Å². The smallest absolute Gasteiger partial charge is 0.291 e. The van der Waals surface area contributed by atoms with Crippen molar-refractivity contribution < 1.29 is 9.21 Å². The Morgan fingerprint density at radius 2 is 2.47 bits per heavy atom. The third kappa shape index (κ3) is 2.46. The van der Waals surface area contributed by atoms with E-state index in [1.54, 1.807) is 4.90 Å². The molecule has 1 fully saturated rings. The molecule has 100 valence electrons. The van der Waals surface area contributed by atoms with Crippen molar-refractivity contribution in [1.82, 2.24) is 14.9 Å². The third-order valence-corrected chi connectivity index (χ3v) is 4.00. The molecule has 3 rings (SSSR count). The molecule has 0 unspecified atom stereocenters. The number of thiazole rings is 1. The fraction of sp³-hybridized carbons (Fsp3) is 0.417. The van der Waals surface area contributed by atoms with Gasteiger partial charge in [-0.05, 0) is 12.8 Å². The lowest BCUT2D eigenvalue weighted by Gasteiger charge is -2.31. The highest BCUT2D eigenvalue weighted by molar-refractivity contribution is 7.13. The molecular weight excluding hydrogens is 264 g/mol. The van der Waals surface area contributed by atoms with E-state index in [-0.39, 0.29) is 11.8 Å². The molecule has 3 heterocycles. The zero-order valence-corrected chi connectivity index (χ0v) is 11.1. The van der Waals surface area contributed by atoms with Crippen LogP contribution in [0.5, 0.6) is 0 Å². The highest BCUT2D eigenvalue weighted by Crippen LogP contribution is 2.29. The van der Waals surface area contributed by atoms with E-state index in [2.05, 4.69) is 9.97 Å². The average molecular weight is 278 g/mol. The number of aromatic nitrogens is 2. The zero-order chi connectivity index (χ0) is 13.2. The first kappa shape index (κ1) is 12.2. The van der Waals surface area contributed by atoms with Crippen LogP contribution >= 0.6 is 11.3 Å². The monoisotopic (exact) mass is 278 g/mol.